The topological polar surface area (TPSA) is 40.5 Å². The molecule has 0 spiro atoms. The maximum absolute atomic E-state index is 10.3. The van der Waals surface area contributed by atoms with Gasteiger partial charge in [0.1, 0.15) is 6.23 Å². The highest BCUT2D eigenvalue weighted by Gasteiger charge is 2.13. The Morgan fingerprint density at radius 1 is 1.60 bits per heavy atom. The molecule has 0 radical (unpaired) electrons. The van der Waals surface area contributed by atoms with Crippen LogP contribution in [0, 0.1) is 0 Å². The number of amides is 1. The van der Waals surface area contributed by atoms with E-state index in [1.807, 2.05) is 20.8 Å². The fourth-order valence-corrected chi connectivity index (χ4v) is 0.747. The second kappa shape index (κ2) is 4.28. The summed E-state index contributed by atoms with van der Waals surface area (Å²) in [4.78, 5) is 11.7. The van der Waals surface area contributed by atoms with Gasteiger partial charge in [0.2, 0.25) is 6.41 Å². The van der Waals surface area contributed by atoms with Gasteiger partial charge in [0.05, 0.1) is 0 Å². The Balaban J connectivity index is 3.92. The van der Waals surface area contributed by atoms with Crippen LogP contribution in [0.5, 0.6) is 0 Å². The van der Waals surface area contributed by atoms with Gasteiger partial charge >= 0.3 is 0 Å². The van der Waals surface area contributed by atoms with E-state index in [1.54, 1.807) is 0 Å². The smallest absolute Gasteiger partial charge is 0.211 e. The van der Waals surface area contributed by atoms with Crippen LogP contribution in [-0.2, 0) is 4.79 Å². The molecular weight excluding hydrogens is 130 g/mol. The molecule has 0 aromatic rings. The molecule has 3 heteroatoms. The van der Waals surface area contributed by atoms with Gasteiger partial charge in [0, 0.05) is 6.04 Å². The maximum atomic E-state index is 10.3. The molecule has 0 aromatic carbocycles. The largest absolute Gasteiger partial charge is 0.374 e. The van der Waals surface area contributed by atoms with Gasteiger partial charge in [-0.25, -0.2) is 0 Å². The molecule has 0 aliphatic carbocycles. The van der Waals surface area contributed by atoms with E-state index in [0.29, 0.717) is 12.8 Å². The molecule has 1 amide bonds. The summed E-state index contributed by atoms with van der Waals surface area (Å²) in [7, 11) is 0. The molecule has 0 heterocycles. The highest BCUT2D eigenvalue weighted by atomic mass is 16.3. The Bertz CT molecular complexity index is 104. The Morgan fingerprint density at radius 3 is 2.20 bits per heavy atom. The van der Waals surface area contributed by atoms with Crippen LogP contribution in [0.2, 0.25) is 0 Å². The molecule has 1 unspecified atom stereocenters. The van der Waals surface area contributed by atoms with Gasteiger partial charge in [-0.1, -0.05) is 6.92 Å². The lowest BCUT2D eigenvalue weighted by Gasteiger charge is -2.26. The van der Waals surface area contributed by atoms with Gasteiger partial charge in [0.15, 0.2) is 0 Å². The van der Waals surface area contributed by atoms with Crippen molar-refractivity contribution in [3.05, 3.63) is 0 Å². The zero-order valence-corrected chi connectivity index (χ0v) is 6.74. The van der Waals surface area contributed by atoms with E-state index in [1.165, 1.54) is 4.90 Å². The number of carbonyl (C=O) groups is 1. The Labute approximate surface area is 61.6 Å². The van der Waals surface area contributed by atoms with Crippen molar-refractivity contribution in [2.24, 2.45) is 0 Å². The molecule has 60 valence electrons. The van der Waals surface area contributed by atoms with Crippen molar-refractivity contribution >= 4 is 6.41 Å². The first kappa shape index (κ1) is 9.43. The summed E-state index contributed by atoms with van der Waals surface area (Å²) in [5.74, 6) is 0. The van der Waals surface area contributed by atoms with Crippen LogP contribution in [0.4, 0.5) is 0 Å². The molecule has 0 aromatic heterocycles. The van der Waals surface area contributed by atoms with Crippen LogP contribution in [0.3, 0.4) is 0 Å². The fraction of sp³-hybridized carbons (Fsp3) is 0.857. The standard InChI is InChI=1S/C7H15NO2/c1-4-7(10)8(5-9)6(2)3/h5-7,10H,4H2,1-3H3. The van der Waals surface area contributed by atoms with E-state index in [2.05, 4.69) is 0 Å². The summed E-state index contributed by atoms with van der Waals surface area (Å²) in [6.07, 6.45) is 0.632. The SMILES string of the molecule is CCC(O)N(C=O)C(C)C. The molecule has 10 heavy (non-hydrogen) atoms. The number of nitrogens with zero attached hydrogens (tertiary/aromatic N) is 1. The number of rotatable bonds is 4. The molecular formula is C7H15NO2. The van der Waals surface area contributed by atoms with Crippen LogP contribution in [-0.4, -0.2) is 28.7 Å². The molecule has 0 fully saturated rings. The van der Waals surface area contributed by atoms with Crippen molar-refractivity contribution in [3.8, 4) is 0 Å². The van der Waals surface area contributed by atoms with Gasteiger partial charge in [-0.2, -0.15) is 0 Å². The molecule has 0 saturated carbocycles. The van der Waals surface area contributed by atoms with Gasteiger partial charge in [-0.15, -0.1) is 0 Å². The van der Waals surface area contributed by atoms with Gasteiger partial charge in [-0.05, 0) is 20.3 Å². The van der Waals surface area contributed by atoms with Crippen molar-refractivity contribution in [2.75, 3.05) is 0 Å². The third-order valence-corrected chi connectivity index (χ3v) is 1.43. The fourth-order valence-electron chi connectivity index (χ4n) is 0.747. The van der Waals surface area contributed by atoms with Gasteiger partial charge < -0.3 is 10.0 Å². The molecule has 1 atom stereocenters. The monoisotopic (exact) mass is 145 g/mol. The van der Waals surface area contributed by atoms with Gasteiger partial charge in [-0.3, -0.25) is 4.79 Å². The second-order valence-electron chi connectivity index (χ2n) is 2.54. The molecule has 0 rings (SSSR count). The van der Waals surface area contributed by atoms with Crippen LogP contribution >= 0.6 is 0 Å². The van der Waals surface area contributed by atoms with Crippen molar-refractivity contribution in [3.63, 3.8) is 0 Å². The number of aliphatic hydroxyl groups excluding tert-OH is 1. The minimum Gasteiger partial charge on any atom is -0.374 e. The van der Waals surface area contributed by atoms with Crippen LogP contribution in [0.15, 0.2) is 0 Å². The summed E-state index contributed by atoms with van der Waals surface area (Å²) in [5.41, 5.74) is 0. The quantitative estimate of drug-likeness (QED) is 0.464. The van der Waals surface area contributed by atoms with Crippen LogP contribution in [0.25, 0.3) is 0 Å². The van der Waals surface area contributed by atoms with E-state index in [4.69, 9.17) is 0 Å². The highest BCUT2D eigenvalue weighted by molar-refractivity contribution is 5.47. The van der Waals surface area contributed by atoms with E-state index in [9.17, 15) is 9.90 Å². The molecule has 0 aliphatic heterocycles. The molecule has 0 aliphatic rings. The first-order chi connectivity index (χ1) is 4.63. The first-order valence-electron chi connectivity index (χ1n) is 3.54. The first-order valence-corrected chi connectivity index (χ1v) is 3.54. The summed E-state index contributed by atoms with van der Waals surface area (Å²) in [5, 5.41) is 9.18. The number of hydrogen-bond acceptors (Lipinski definition) is 2. The van der Waals surface area contributed by atoms with Crippen LogP contribution < -0.4 is 0 Å². The Morgan fingerprint density at radius 2 is 2.10 bits per heavy atom. The second-order valence-corrected chi connectivity index (χ2v) is 2.54. The minimum atomic E-state index is -0.627. The third-order valence-electron chi connectivity index (χ3n) is 1.43. The van der Waals surface area contributed by atoms with Crippen molar-refractivity contribution in [1.29, 1.82) is 0 Å². The summed E-state index contributed by atoms with van der Waals surface area (Å²) in [6, 6.07) is 0.0763. The average molecular weight is 145 g/mol. The maximum Gasteiger partial charge on any atom is 0.211 e. The average Bonchev–Trinajstić information content (AvgIpc) is 1.88. The lowest BCUT2D eigenvalue weighted by molar-refractivity contribution is -0.130. The zero-order valence-electron chi connectivity index (χ0n) is 6.74. The predicted octanol–water partition coefficient (Wildman–Crippen LogP) is 0.582. The molecule has 0 saturated heterocycles. The van der Waals surface area contributed by atoms with Gasteiger partial charge in [0.25, 0.3) is 0 Å². The Hall–Kier alpha value is -0.570. The third kappa shape index (κ3) is 2.35. The zero-order chi connectivity index (χ0) is 8.15. The van der Waals surface area contributed by atoms with E-state index in [0.717, 1.165) is 0 Å². The summed E-state index contributed by atoms with van der Waals surface area (Å²) < 4.78 is 0. The van der Waals surface area contributed by atoms with E-state index >= 15 is 0 Å². The highest BCUT2D eigenvalue weighted by Crippen LogP contribution is 2.02. The van der Waals surface area contributed by atoms with Crippen LogP contribution in [0.1, 0.15) is 27.2 Å². The lowest BCUT2D eigenvalue weighted by Crippen LogP contribution is -2.38. The molecule has 3 nitrogen and oxygen atoms in total. The number of hydrogen-bond donors (Lipinski definition) is 1. The Kier molecular flexibility index (Phi) is 4.03. The minimum absolute atomic E-state index is 0.0763. The van der Waals surface area contributed by atoms with Crippen molar-refractivity contribution in [2.45, 2.75) is 39.5 Å². The normalized spacial score (nSPS) is 13.3. The summed E-state index contributed by atoms with van der Waals surface area (Å²) >= 11 is 0. The summed E-state index contributed by atoms with van der Waals surface area (Å²) in [6.45, 7) is 5.57. The number of aliphatic hydroxyl groups is 1. The number of carbonyl (C=O) groups excluding carboxylic acids is 1. The van der Waals surface area contributed by atoms with E-state index < -0.39 is 6.23 Å². The van der Waals surface area contributed by atoms with E-state index in [-0.39, 0.29) is 6.04 Å². The van der Waals surface area contributed by atoms with Crippen molar-refractivity contribution in [1.82, 2.24) is 4.90 Å². The molecule has 0 bridgehead atoms. The van der Waals surface area contributed by atoms with Crippen molar-refractivity contribution < 1.29 is 9.90 Å². The predicted molar refractivity (Wildman–Crippen MR) is 39.3 cm³/mol. The lowest BCUT2D eigenvalue weighted by atomic mass is 10.3. The molecule has 1 N–H and O–H groups in total.